The molecule has 1 saturated heterocycles. The topological polar surface area (TPSA) is 39.7 Å². The van der Waals surface area contributed by atoms with Crippen LogP contribution in [-0.2, 0) is 11.3 Å². The van der Waals surface area contributed by atoms with Crippen molar-refractivity contribution in [3.8, 4) is 11.5 Å². The summed E-state index contributed by atoms with van der Waals surface area (Å²) in [6.45, 7) is 1.43. The van der Waals surface area contributed by atoms with Crippen LogP contribution in [0.1, 0.15) is 35.6 Å². The molecule has 182 valence electrons. The van der Waals surface area contributed by atoms with E-state index >= 15 is 0 Å². The lowest BCUT2D eigenvalue weighted by Gasteiger charge is -2.40. The van der Waals surface area contributed by atoms with Crippen molar-refractivity contribution in [2.75, 3.05) is 13.2 Å². The van der Waals surface area contributed by atoms with Crippen molar-refractivity contribution in [2.45, 2.75) is 37.5 Å². The number of benzene rings is 3. The van der Waals surface area contributed by atoms with Crippen LogP contribution in [0.3, 0.4) is 0 Å². The molecule has 3 aromatic rings. The van der Waals surface area contributed by atoms with Crippen molar-refractivity contribution < 1.29 is 27.4 Å². The van der Waals surface area contributed by atoms with Gasteiger partial charge in [-0.3, -0.25) is 0 Å². The SMILES string of the molecule is FC(F)(F)Oc1ccc(OCc2ccccc2)c(C2=C[C@@]3(CCCN[C@H]3c3ccccc3)OC2)c1. The molecular formula is C28H26F3NO3. The van der Waals surface area contributed by atoms with Crippen LogP contribution >= 0.6 is 0 Å². The average Bonchev–Trinajstić information content (AvgIpc) is 3.27. The second kappa shape index (κ2) is 9.76. The summed E-state index contributed by atoms with van der Waals surface area (Å²) in [4.78, 5) is 0. The third kappa shape index (κ3) is 5.36. The van der Waals surface area contributed by atoms with Gasteiger partial charge in [0.15, 0.2) is 0 Å². The Kier molecular flexibility index (Phi) is 6.54. The van der Waals surface area contributed by atoms with Gasteiger partial charge in [0.2, 0.25) is 0 Å². The Hall–Kier alpha value is -3.29. The molecule has 2 heterocycles. The molecule has 0 unspecified atom stereocenters. The molecule has 4 nitrogen and oxygen atoms in total. The van der Waals surface area contributed by atoms with E-state index in [1.165, 1.54) is 18.2 Å². The fourth-order valence-corrected chi connectivity index (χ4v) is 4.85. The molecule has 1 N–H and O–H groups in total. The molecule has 0 aliphatic carbocycles. The van der Waals surface area contributed by atoms with E-state index < -0.39 is 12.0 Å². The van der Waals surface area contributed by atoms with Crippen LogP contribution < -0.4 is 14.8 Å². The molecule has 0 radical (unpaired) electrons. The molecule has 35 heavy (non-hydrogen) atoms. The van der Waals surface area contributed by atoms with Crippen LogP contribution in [0.2, 0.25) is 0 Å². The third-order valence-electron chi connectivity index (χ3n) is 6.40. The van der Waals surface area contributed by atoms with Crippen molar-refractivity contribution in [3.05, 3.63) is 102 Å². The van der Waals surface area contributed by atoms with Crippen LogP contribution in [0.4, 0.5) is 13.2 Å². The smallest absolute Gasteiger partial charge is 0.488 e. The molecule has 2 atom stereocenters. The first-order valence-corrected chi connectivity index (χ1v) is 11.6. The van der Waals surface area contributed by atoms with E-state index in [2.05, 4.69) is 28.3 Å². The summed E-state index contributed by atoms with van der Waals surface area (Å²) in [5, 5.41) is 3.57. The Morgan fingerprint density at radius 1 is 0.971 bits per heavy atom. The molecule has 0 bridgehead atoms. The van der Waals surface area contributed by atoms with Gasteiger partial charge in [0.1, 0.15) is 23.7 Å². The Morgan fingerprint density at radius 3 is 2.46 bits per heavy atom. The standard InChI is InChI=1S/C28H26F3NO3/c29-28(30,31)35-23-12-13-25(33-18-20-8-3-1-4-9-20)24(16-23)22-17-27(34-19-22)14-7-15-32-26(27)21-10-5-2-6-11-21/h1-6,8-13,16-17,26,32H,7,14-15,18-19H2/t26-,27+/m0/s1. The summed E-state index contributed by atoms with van der Waals surface area (Å²) in [7, 11) is 0. The van der Waals surface area contributed by atoms with E-state index in [9.17, 15) is 13.2 Å². The largest absolute Gasteiger partial charge is 0.573 e. The van der Waals surface area contributed by atoms with Crippen LogP contribution in [-0.4, -0.2) is 25.1 Å². The quantitative estimate of drug-likeness (QED) is 0.440. The van der Waals surface area contributed by atoms with Gasteiger partial charge in [0, 0.05) is 5.56 Å². The fourth-order valence-electron chi connectivity index (χ4n) is 4.85. The Morgan fingerprint density at radius 2 is 1.71 bits per heavy atom. The van der Waals surface area contributed by atoms with Gasteiger partial charge in [-0.15, -0.1) is 13.2 Å². The minimum atomic E-state index is -4.78. The zero-order chi connectivity index (χ0) is 24.3. The fraction of sp³-hybridized carbons (Fsp3) is 0.286. The number of ether oxygens (including phenoxy) is 3. The van der Waals surface area contributed by atoms with Crippen molar-refractivity contribution in [1.82, 2.24) is 5.32 Å². The number of nitrogens with one attached hydrogen (secondary N) is 1. The van der Waals surface area contributed by atoms with E-state index in [1.807, 2.05) is 48.5 Å². The van der Waals surface area contributed by atoms with Crippen LogP contribution in [0.5, 0.6) is 11.5 Å². The summed E-state index contributed by atoms with van der Waals surface area (Å²) in [6, 6.07) is 23.8. The first-order chi connectivity index (χ1) is 16.9. The number of piperidine rings is 1. The third-order valence-corrected chi connectivity index (χ3v) is 6.40. The summed E-state index contributed by atoms with van der Waals surface area (Å²) in [5.74, 6) is 0.193. The second-order valence-electron chi connectivity index (χ2n) is 8.79. The van der Waals surface area contributed by atoms with Crippen LogP contribution in [0, 0.1) is 0 Å². The van der Waals surface area contributed by atoms with Gasteiger partial charge < -0.3 is 19.5 Å². The summed E-state index contributed by atoms with van der Waals surface area (Å²) < 4.78 is 55.5. The van der Waals surface area contributed by atoms with Crippen LogP contribution in [0.25, 0.3) is 5.57 Å². The van der Waals surface area contributed by atoms with Crippen molar-refractivity contribution >= 4 is 5.57 Å². The van der Waals surface area contributed by atoms with Crippen molar-refractivity contribution in [3.63, 3.8) is 0 Å². The van der Waals surface area contributed by atoms with E-state index in [-0.39, 0.29) is 18.4 Å². The van der Waals surface area contributed by atoms with Gasteiger partial charge in [-0.05, 0) is 60.4 Å². The van der Waals surface area contributed by atoms with Crippen molar-refractivity contribution in [2.24, 2.45) is 0 Å². The molecule has 7 heteroatoms. The molecule has 0 saturated carbocycles. The van der Waals surface area contributed by atoms with Gasteiger partial charge in [-0.1, -0.05) is 60.7 Å². The van der Waals surface area contributed by atoms with E-state index in [4.69, 9.17) is 9.47 Å². The molecule has 1 spiro atoms. The zero-order valence-corrected chi connectivity index (χ0v) is 19.1. The molecule has 2 aliphatic rings. The number of hydrogen-bond donors (Lipinski definition) is 1. The normalized spacial score (nSPS) is 22.1. The first-order valence-electron chi connectivity index (χ1n) is 11.6. The number of rotatable bonds is 6. The summed E-state index contributed by atoms with van der Waals surface area (Å²) >= 11 is 0. The highest BCUT2D eigenvalue weighted by atomic mass is 19.4. The maximum atomic E-state index is 12.9. The highest BCUT2D eigenvalue weighted by Gasteiger charge is 2.44. The minimum Gasteiger partial charge on any atom is -0.488 e. The van der Waals surface area contributed by atoms with Gasteiger partial charge in [-0.2, -0.15) is 0 Å². The summed E-state index contributed by atoms with van der Waals surface area (Å²) in [5.41, 5.74) is 2.80. The van der Waals surface area contributed by atoms with Gasteiger partial charge >= 0.3 is 6.36 Å². The Balaban J connectivity index is 1.50. The Labute approximate surface area is 202 Å². The number of halogens is 3. The number of hydrogen-bond acceptors (Lipinski definition) is 4. The highest BCUT2D eigenvalue weighted by molar-refractivity contribution is 5.75. The first kappa shape index (κ1) is 23.5. The second-order valence-corrected chi connectivity index (χ2v) is 8.79. The molecular weight excluding hydrogens is 455 g/mol. The predicted octanol–water partition coefficient (Wildman–Crippen LogP) is 6.44. The van der Waals surface area contributed by atoms with Gasteiger partial charge in [0.05, 0.1) is 12.6 Å². The predicted molar refractivity (Wildman–Crippen MR) is 127 cm³/mol. The Bertz CT molecular complexity index is 1180. The maximum Gasteiger partial charge on any atom is 0.573 e. The van der Waals surface area contributed by atoms with Crippen LogP contribution in [0.15, 0.2) is 84.9 Å². The van der Waals surface area contributed by atoms with E-state index in [0.717, 1.165) is 36.1 Å². The van der Waals surface area contributed by atoms with E-state index in [0.29, 0.717) is 17.9 Å². The molecule has 3 aromatic carbocycles. The molecule has 2 aliphatic heterocycles. The zero-order valence-electron chi connectivity index (χ0n) is 19.1. The minimum absolute atomic E-state index is 0.0572. The summed E-state index contributed by atoms with van der Waals surface area (Å²) in [6.07, 6.45) is -0.986. The lowest BCUT2D eigenvalue weighted by atomic mass is 9.81. The maximum absolute atomic E-state index is 12.9. The monoisotopic (exact) mass is 481 g/mol. The van der Waals surface area contributed by atoms with Gasteiger partial charge in [0.25, 0.3) is 0 Å². The lowest BCUT2D eigenvalue weighted by molar-refractivity contribution is -0.274. The molecule has 1 fully saturated rings. The number of alkyl halides is 3. The highest BCUT2D eigenvalue weighted by Crippen LogP contribution is 2.45. The molecule has 0 aromatic heterocycles. The van der Waals surface area contributed by atoms with E-state index in [1.54, 1.807) is 0 Å². The molecule has 5 rings (SSSR count). The molecule has 0 amide bonds. The van der Waals surface area contributed by atoms with Crippen molar-refractivity contribution in [1.29, 1.82) is 0 Å². The van der Waals surface area contributed by atoms with Gasteiger partial charge in [-0.25, -0.2) is 0 Å². The lowest BCUT2D eigenvalue weighted by Crippen LogP contribution is -2.47. The average molecular weight is 482 g/mol.